The van der Waals surface area contributed by atoms with Crippen molar-refractivity contribution < 1.29 is 9.32 Å². The molecule has 6 nitrogen and oxygen atoms in total. The Labute approximate surface area is 152 Å². The summed E-state index contributed by atoms with van der Waals surface area (Å²) in [6.07, 6.45) is 7.50. The Bertz CT molecular complexity index is 863. The molecule has 0 amide bonds. The number of hydrogen-bond acceptors (Lipinski definition) is 5. The van der Waals surface area contributed by atoms with Crippen molar-refractivity contribution in [1.82, 2.24) is 14.9 Å². The molecule has 0 bridgehead atoms. The first kappa shape index (κ1) is 16.6. The van der Waals surface area contributed by atoms with Crippen LogP contribution >= 0.6 is 0 Å². The molecule has 0 N–H and O–H groups in total. The van der Waals surface area contributed by atoms with Crippen LogP contribution in [0.25, 0.3) is 0 Å². The molecule has 3 aromatic rings. The van der Waals surface area contributed by atoms with E-state index < -0.39 is 0 Å². The van der Waals surface area contributed by atoms with Gasteiger partial charge in [-0.1, -0.05) is 35.5 Å². The van der Waals surface area contributed by atoms with Gasteiger partial charge in [-0.15, -0.1) is 0 Å². The minimum Gasteiger partial charge on any atom is -0.341 e. The van der Waals surface area contributed by atoms with Crippen LogP contribution in [0.2, 0.25) is 0 Å². The first-order valence-electron chi connectivity index (χ1n) is 9.08. The molecule has 1 aromatic carbocycles. The van der Waals surface area contributed by atoms with E-state index in [-0.39, 0.29) is 12.2 Å². The maximum atomic E-state index is 12.5. The van der Waals surface area contributed by atoms with Crippen molar-refractivity contribution in [2.45, 2.75) is 32.2 Å². The number of piperidine rings is 1. The molecular weight excluding hydrogens is 328 g/mol. The Balaban J connectivity index is 1.38. The number of anilines is 1. The highest BCUT2D eigenvalue weighted by atomic mass is 16.5. The van der Waals surface area contributed by atoms with Crippen LogP contribution in [0.15, 0.2) is 53.3 Å². The molecule has 2 aromatic heterocycles. The second-order valence-electron chi connectivity index (χ2n) is 6.73. The molecule has 0 aliphatic carbocycles. The third-order valence-electron chi connectivity index (χ3n) is 4.69. The Morgan fingerprint density at radius 2 is 1.88 bits per heavy atom. The van der Waals surface area contributed by atoms with Crippen LogP contribution < -0.4 is 4.90 Å². The van der Waals surface area contributed by atoms with Gasteiger partial charge >= 0.3 is 0 Å². The monoisotopic (exact) mass is 350 g/mol. The second kappa shape index (κ2) is 7.56. The zero-order valence-electron chi connectivity index (χ0n) is 14.7. The van der Waals surface area contributed by atoms with Crippen molar-refractivity contribution in [3.05, 3.63) is 65.6 Å². The van der Waals surface area contributed by atoms with E-state index in [9.17, 15) is 4.79 Å². The predicted octanol–water partition coefficient (Wildman–Crippen LogP) is 3.34. The molecule has 0 radical (unpaired) electrons. The molecule has 1 aliphatic heterocycles. The number of carbonyl (C=O) groups excluding carboxylic acids is 1. The van der Waals surface area contributed by atoms with Gasteiger partial charge in [0.1, 0.15) is 0 Å². The van der Waals surface area contributed by atoms with E-state index in [0.29, 0.717) is 18.1 Å². The zero-order chi connectivity index (χ0) is 17.8. The van der Waals surface area contributed by atoms with Crippen LogP contribution in [-0.4, -0.2) is 33.8 Å². The molecule has 1 saturated heterocycles. The van der Waals surface area contributed by atoms with E-state index in [1.165, 1.54) is 12.0 Å². The Morgan fingerprint density at radius 3 is 2.69 bits per heavy atom. The number of benzene rings is 1. The average Bonchev–Trinajstić information content (AvgIpc) is 3.33. The highest BCUT2D eigenvalue weighted by Gasteiger charge is 2.19. The molecule has 0 saturated carbocycles. The van der Waals surface area contributed by atoms with Gasteiger partial charge in [0.25, 0.3) is 0 Å². The smallest absolute Gasteiger partial charge is 0.227 e. The Hall–Kier alpha value is -2.89. The van der Waals surface area contributed by atoms with Crippen LogP contribution in [0.5, 0.6) is 0 Å². The maximum absolute atomic E-state index is 12.5. The zero-order valence-corrected chi connectivity index (χ0v) is 14.7. The topological polar surface area (TPSA) is 64.2 Å². The molecule has 1 aliphatic rings. The average molecular weight is 350 g/mol. The van der Waals surface area contributed by atoms with Gasteiger partial charge in [0.15, 0.2) is 11.5 Å². The molecule has 4 rings (SSSR count). The van der Waals surface area contributed by atoms with Crippen molar-refractivity contribution in [1.29, 1.82) is 0 Å². The number of Topliss-reactive ketones (excluding diaryl/α,β-unsaturated/α-hetero) is 1. The van der Waals surface area contributed by atoms with Crippen molar-refractivity contribution >= 4 is 11.7 Å². The summed E-state index contributed by atoms with van der Waals surface area (Å²) in [5.41, 5.74) is 2.45. The van der Waals surface area contributed by atoms with E-state index >= 15 is 0 Å². The standard InChI is InChI=1S/C20H22N4O2/c25-19(18-12-20(26-22-18)23-9-5-2-6-10-23)11-17-13-21-24(15-17)14-16-7-3-1-4-8-16/h1,3-4,7-8,12-13,15H,2,5-6,9-11,14H2. The van der Waals surface area contributed by atoms with E-state index in [2.05, 4.69) is 27.3 Å². The van der Waals surface area contributed by atoms with Crippen molar-refractivity contribution in [2.24, 2.45) is 0 Å². The molecular formula is C20H22N4O2. The summed E-state index contributed by atoms with van der Waals surface area (Å²) in [6.45, 7) is 2.63. The summed E-state index contributed by atoms with van der Waals surface area (Å²) in [6, 6.07) is 11.9. The third-order valence-corrected chi connectivity index (χ3v) is 4.69. The van der Waals surface area contributed by atoms with Crippen molar-refractivity contribution in [3.8, 4) is 0 Å². The molecule has 0 spiro atoms. The minimum atomic E-state index is -0.0451. The lowest BCUT2D eigenvalue weighted by molar-refractivity contribution is 0.0984. The second-order valence-corrected chi connectivity index (χ2v) is 6.73. The number of hydrogen-bond donors (Lipinski definition) is 0. The largest absolute Gasteiger partial charge is 0.341 e. The molecule has 26 heavy (non-hydrogen) atoms. The quantitative estimate of drug-likeness (QED) is 0.638. The number of rotatable bonds is 6. The van der Waals surface area contributed by atoms with Crippen LogP contribution in [0.1, 0.15) is 40.9 Å². The summed E-state index contributed by atoms with van der Waals surface area (Å²) in [5.74, 6) is 0.657. The normalized spacial score (nSPS) is 14.5. The van der Waals surface area contributed by atoms with Gasteiger partial charge in [-0.05, 0) is 30.4 Å². The molecule has 0 atom stereocenters. The minimum absolute atomic E-state index is 0.0451. The summed E-state index contributed by atoms with van der Waals surface area (Å²) in [4.78, 5) is 14.7. The summed E-state index contributed by atoms with van der Waals surface area (Å²) in [7, 11) is 0. The number of nitrogens with zero attached hydrogens (tertiary/aromatic N) is 4. The molecule has 6 heteroatoms. The van der Waals surface area contributed by atoms with E-state index in [1.807, 2.05) is 29.1 Å². The summed E-state index contributed by atoms with van der Waals surface area (Å²) < 4.78 is 7.23. The summed E-state index contributed by atoms with van der Waals surface area (Å²) in [5, 5.41) is 8.32. The van der Waals surface area contributed by atoms with Crippen LogP contribution in [-0.2, 0) is 13.0 Å². The Kier molecular flexibility index (Phi) is 4.82. The fraction of sp³-hybridized carbons (Fsp3) is 0.350. The van der Waals surface area contributed by atoms with E-state index in [0.717, 1.165) is 31.5 Å². The lowest BCUT2D eigenvalue weighted by Gasteiger charge is -2.25. The first-order valence-corrected chi connectivity index (χ1v) is 9.08. The highest BCUT2D eigenvalue weighted by molar-refractivity contribution is 5.96. The maximum Gasteiger partial charge on any atom is 0.227 e. The predicted molar refractivity (Wildman–Crippen MR) is 98.4 cm³/mol. The lowest BCUT2D eigenvalue weighted by atomic mass is 10.1. The molecule has 1 fully saturated rings. The molecule has 134 valence electrons. The summed E-state index contributed by atoms with van der Waals surface area (Å²) >= 11 is 0. The SMILES string of the molecule is O=C(Cc1cnn(Cc2ccccc2)c1)c1cc(N2CCCCC2)on1. The molecule has 0 unspecified atom stereocenters. The highest BCUT2D eigenvalue weighted by Crippen LogP contribution is 2.21. The van der Waals surface area contributed by atoms with E-state index in [4.69, 9.17) is 4.52 Å². The van der Waals surface area contributed by atoms with Gasteiger partial charge in [-0.2, -0.15) is 5.10 Å². The van der Waals surface area contributed by atoms with Gasteiger partial charge in [0.05, 0.1) is 12.7 Å². The van der Waals surface area contributed by atoms with Gasteiger partial charge in [-0.25, -0.2) is 0 Å². The number of aromatic nitrogens is 3. The van der Waals surface area contributed by atoms with Gasteiger partial charge < -0.3 is 9.42 Å². The lowest BCUT2D eigenvalue weighted by Crippen LogP contribution is -2.28. The number of ketones is 1. The van der Waals surface area contributed by atoms with Crippen molar-refractivity contribution in [3.63, 3.8) is 0 Å². The van der Waals surface area contributed by atoms with Crippen molar-refractivity contribution in [2.75, 3.05) is 18.0 Å². The molecule has 3 heterocycles. The third kappa shape index (κ3) is 3.85. The van der Waals surface area contributed by atoms with Crippen LogP contribution in [0.3, 0.4) is 0 Å². The fourth-order valence-corrected chi connectivity index (χ4v) is 3.29. The van der Waals surface area contributed by atoms with Gasteiger partial charge in [0, 0.05) is 31.8 Å². The number of carbonyl (C=O) groups is 1. The first-order chi connectivity index (χ1) is 12.8. The van der Waals surface area contributed by atoms with Crippen LogP contribution in [0.4, 0.5) is 5.88 Å². The van der Waals surface area contributed by atoms with Gasteiger partial charge in [-0.3, -0.25) is 9.48 Å². The van der Waals surface area contributed by atoms with Crippen LogP contribution in [0, 0.1) is 0 Å². The van der Waals surface area contributed by atoms with Gasteiger partial charge in [0.2, 0.25) is 5.88 Å². The van der Waals surface area contributed by atoms with E-state index in [1.54, 1.807) is 12.3 Å². The Morgan fingerprint density at radius 1 is 1.08 bits per heavy atom. The fourth-order valence-electron chi connectivity index (χ4n) is 3.29.